The number of rotatable bonds is 7. The number of furan rings is 1. The van der Waals surface area contributed by atoms with E-state index in [0.29, 0.717) is 0 Å². The summed E-state index contributed by atoms with van der Waals surface area (Å²) in [5.41, 5.74) is 25.2. The van der Waals surface area contributed by atoms with Crippen LogP contribution in [0.1, 0.15) is 49.9 Å². The summed E-state index contributed by atoms with van der Waals surface area (Å²) in [4.78, 5) is 2.47. The van der Waals surface area contributed by atoms with Crippen molar-refractivity contribution in [2.75, 3.05) is 4.90 Å². The van der Waals surface area contributed by atoms with Crippen LogP contribution in [-0.4, -0.2) is 0 Å². The van der Waals surface area contributed by atoms with Crippen LogP contribution in [-0.2, 0) is 10.8 Å². The molecule has 0 N–H and O–H groups in total. The Morgan fingerprint density at radius 2 is 0.882 bits per heavy atom. The average Bonchev–Trinajstić information content (AvgIpc) is 3.96. The molecule has 0 fully saturated rings. The Labute approximate surface area is 398 Å². The second-order valence-corrected chi connectivity index (χ2v) is 19.7. The Hall–Kier alpha value is -8.20. The van der Waals surface area contributed by atoms with Gasteiger partial charge in [-0.15, -0.1) is 0 Å². The van der Waals surface area contributed by atoms with Crippen molar-refractivity contribution in [3.63, 3.8) is 0 Å². The molecule has 0 aliphatic heterocycles. The molecule has 2 aliphatic carbocycles. The molecule has 1 heterocycles. The van der Waals surface area contributed by atoms with E-state index in [0.717, 1.165) is 44.4 Å². The smallest absolute Gasteiger partial charge is 0.135 e. The van der Waals surface area contributed by atoms with Gasteiger partial charge in [0.15, 0.2) is 0 Å². The van der Waals surface area contributed by atoms with Gasteiger partial charge in [-0.05, 0) is 150 Å². The molecule has 2 aliphatic rings. The van der Waals surface area contributed by atoms with Gasteiger partial charge >= 0.3 is 0 Å². The van der Waals surface area contributed by atoms with E-state index < -0.39 is 0 Å². The van der Waals surface area contributed by atoms with Gasteiger partial charge in [-0.25, -0.2) is 0 Å². The Kier molecular flexibility index (Phi) is 8.95. The van der Waals surface area contributed by atoms with Gasteiger partial charge in [-0.1, -0.05) is 185 Å². The molecule has 1 aromatic heterocycles. The summed E-state index contributed by atoms with van der Waals surface area (Å²) in [6, 6.07) is 82.7. The van der Waals surface area contributed by atoms with Gasteiger partial charge in [-0.3, -0.25) is 0 Å². The van der Waals surface area contributed by atoms with Gasteiger partial charge in [0.1, 0.15) is 11.2 Å². The van der Waals surface area contributed by atoms with Crippen molar-refractivity contribution in [3.05, 3.63) is 247 Å². The van der Waals surface area contributed by atoms with Crippen LogP contribution in [0.15, 0.2) is 229 Å². The maximum Gasteiger partial charge on any atom is 0.135 e. The van der Waals surface area contributed by atoms with Gasteiger partial charge < -0.3 is 9.32 Å². The highest BCUT2D eigenvalue weighted by molar-refractivity contribution is 6.06. The summed E-state index contributed by atoms with van der Waals surface area (Å²) in [7, 11) is 0. The second kappa shape index (κ2) is 15.2. The van der Waals surface area contributed by atoms with Crippen LogP contribution in [0.4, 0.5) is 17.1 Å². The second-order valence-electron chi connectivity index (χ2n) is 19.7. The van der Waals surface area contributed by atoms with Gasteiger partial charge in [0.05, 0.1) is 5.69 Å². The molecule has 0 saturated carbocycles. The highest BCUT2D eigenvalue weighted by Gasteiger charge is 2.39. The average molecular weight is 872 g/mol. The molecule has 2 heteroatoms. The lowest BCUT2D eigenvalue weighted by Crippen LogP contribution is -2.16. The van der Waals surface area contributed by atoms with E-state index >= 15 is 0 Å². The number of fused-ring (bicyclic) bond motifs is 9. The summed E-state index contributed by atoms with van der Waals surface area (Å²) < 4.78 is 6.19. The standard InChI is InChI=1S/C66H49NO/c1-65(2)56-25-13-11-24-52(56)64-58(65)26-16-27-60(64)67(49-33-29-43(30-34-49)46-32-36-62-54(38-46)51-23-12-14-28-61(51)68-62)50-22-15-21-45(37-50)47-31-35-57-55(39-47)63-53(44-19-9-6-10-20-44)40-48(41-59(63)66(57,3)4)42-17-7-5-8-18-42/h5-41H,1-4H3. The SMILES string of the molecule is CC1(C)c2ccc(-c3cccc(N(c4ccc(-c5ccc6oc7ccccc7c6c5)cc4)c4cccc5c4-c4ccccc4C5(C)C)c3)cc2-c2c(-c3ccccc3)cc(-c3ccccc3)cc21. The number of benzene rings is 10. The normalized spacial score (nSPS) is 13.8. The van der Waals surface area contributed by atoms with E-state index in [1.807, 2.05) is 12.1 Å². The first-order valence-electron chi connectivity index (χ1n) is 23.8. The van der Waals surface area contributed by atoms with Crippen molar-refractivity contribution in [1.29, 1.82) is 0 Å². The number of hydrogen-bond acceptors (Lipinski definition) is 2. The predicted octanol–water partition coefficient (Wildman–Crippen LogP) is 18.3. The number of nitrogens with zero attached hydrogens (tertiary/aromatic N) is 1. The molecule has 0 atom stereocenters. The van der Waals surface area contributed by atoms with E-state index in [4.69, 9.17) is 4.42 Å². The van der Waals surface area contributed by atoms with Gasteiger partial charge in [0, 0.05) is 38.5 Å². The molecule has 0 bridgehead atoms. The van der Waals surface area contributed by atoms with E-state index in [-0.39, 0.29) is 10.8 Å². The molecule has 0 spiro atoms. The molecule has 11 aromatic rings. The molecular weight excluding hydrogens is 823 g/mol. The fourth-order valence-corrected chi connectivity index (χ4v) is 11.6. The summed E-state index contributed by atoms with van der Waals surface area (Å²) >= 11 is 0. The quantitative estimate of drug-likeness (QED) is 0.159. The van der Waals surface area contributed by atoms with Crippen molar-refractivity contribution >= 4 is 39.0 Å². The van der Waals surface area contributed by atoms with E-state index in [2.05, 4.69) is 245 Å². The van der Waals surface area contributed by atoms with Crippen molar-refractivity contribution < 1.29 is 4.42 Å². The van der Waals surface area contributed by atoms with E-state index in [1.165, 1.54) is 83.6 Å². The van der Waals surface area contributed by atoms with Crippen LogP contribution in [0.5, 0.6) is 0 Å². The van der Waals surface area contributed by atoms with Crippen molar-refractivity contribution in [2.24, 2.45) is 0 Å². The third-order valence-corrected chi connectivity index (χ3v) is 15.1. The van der Waals surface area contributed by atoms with Crippen LogP contribution in [0.25, 0.3) is 88.7 Å². The first-order chi connectivity index (χ1) is 33.2. The Morgan fingerprint density at radius 3 is 1.71 bits per heavy atom. The first kappa shape index (κ1) is 40.1. The third kappa shape index (κ3) is 6.17. The molecule has 10 aromatic carbocycles. The number of anilines is 3. The third-order valence-electron chi connectivity index (χ3n) is 15.1. The van der Waals surface area contributed by atoms with Crippen LogP contribution in [0, 0.1) is 0 Å². The largest absolute Gasteiger partial charge is 0.456 e. The van der Waals surface area contributed by atoms with Crippen LogP contribution in [0.2, 0.25) is 0 Å². The monoisotopic (exact) mass is 871 g/mol. The lowest BCUT2D eigenvalue weighted by Gasteiger charge is -2.29. The van der Waals surface area contributed by atoms with Gasteiger partial charge in [0.25, 0.3) is 0 Å². The van der Waals surface area contributed by atoms with Crippen LogP contribution < -0.4 is 4.90 Å². The van der Waals surface area contributed by atoms with Crippen LogP contribution in [0.3, 0.4) is 0 Å². The maximum absolute atomic E-state index is 6.19. The zero-order valence-electron chi connectivity index (χ0n) is 38.7. The molecule has 68 heavy (non-hydrogen) atoms. The van der Waals surface area contributed by atoms with E-state index in [9.17, 15) is 0 Å². The summed E-state index contributed by atoms with van der Waals surface area (Å²) in [6.07, 6.45) is 0. The maximum atomic E-state index is 6.19. The lowest BCUT2D eigenvalue weighted by molar-refractivity contribution is 0.660. The van der Waals surface area contributed by atoms with Gasteiger partial charge in [0.2, 0.25) is 0 Å². The molecule has 0 saturated heterocycles. The zero-order chi connectivity index (χ0) is 45.7. The first-order valence-corrected chi connectivity index (χ1v) is 23.8. The Balaban J connectivity index is 0.960. The molecule has 0 radical (unpaired) electrons. The van der Waals surface area contributed by atoms with Crippen molar-refractivity contribution in [1.82, 2.24) is 0 Å². The molecule has 324 valence electrons. The minimum Gasteiger partial charge on any atom is -0.456 e. The van der Waals surface area contributed by atoms with Crippen molar-refractivity contribution in [2.45, 2.75) is 38.5 Å². The molecule has 2 nitrogen and oxygen atoms in total. The van der Waals surface area contributed by atoms with E-state index in [1.54, 1.807) is 0 Å². The van der Waals surface area contributed by atoms with Crippen molar-refractivity contribution in [3.8, 4) is 66.8 Å². The lowest BCUT2D eigenvalue weighted by atomic mass is 9.80. The highest BCUT2D eigenvalue weighted by atomic mass is 16.3. The Bertz CT molecular complexity index is 3780. The fraction of sp³-hybridized carbons (Fsp3) is 0.0909. The number of hydrogen-bond donors (Lipinski definition) is 0. The molecular formula is C66H49NO. The summed E-state index contributed by atoms with van der Waals surface area (Å²) in [5, 5.41) is 2.27. The summed E-state index contributed by atoms with van der Waals surface area (Å²) in [5.74, 6) is 0. The zero-order valence-corrected chi connectivity index (χ0v) is 38.7. The fourth-order valence-electron chi connectivity index (χ4n) is 11.6. The minimum atomic E-state index is -0.182. The molecule has 13 rings (SSSR count). The number of para-hydroxylation sites is 1. The summed E-state index contributed by atoms with van der Waals surface area (Å²) in [6.45, 7) is 9.50. The van der Waals surface area contributed by atoms with Gasteiger partial charge in [-0.2, -0.15) is 0 Å². The van der Waals surface area contributed by atoms with Crippen LogP contribution >= 0.6 is 0 Å². The predicted molar refractivity (Wildman–Crippen MR) is 285 cm³/mol. The Morgan fingerprint density at radius 1 is 0.309 bits per heavy atom. The minimum absolute atomic E-state index is 0.135. The molecule has 0 amide bonds. The molecule has 0 unspecified atom stereocenters. The highest BCUT2D eigenvalue weighted by Crippen LogP contribution is 2.56. The topological polar surface area (TPSA) is 16.4 Å².